The summed E-state index contributed by atoms with van der Waals surface area (Å²) < 4.78 is 5.66. The normalized spacial score (nSPS) is 24.6. The Morgan fingerprint density at radius 2 is 1.88 bits per heavy atom. The Hall–Kier alpha value is -2.33. The Labute approximate surface area is 141 Å². The van der Waals surface area contributed by atoms with Crippen LogP contribution in [0, 0.1) is 0 Å². The van der Waals surface area contributed by atoms with Crippen LogP contribution < -0.4 is 10.1 Å². The van der Waals surface area contributed by atoms with Gasteiger partial charge in [-0.15, -0.1) is 0 Å². The molecule has 2 aromatic rings. The predicted molar refractivity (Wildman–Crippen MR) is 90.9 cm³/mol. The van der Waals surface area contributed by atoms with Crippen LogP contribution in [0.5, 0.6) is 5.75 Å². The molecule has 4 heteroatoms. The number of fused-ring (bicyclic) bond motifs is 2. The van der Waals surface area contributed by atoms with Gasteiger partial charge in [-0.25, -0.2) is 0 Å². The van der Waals surface area contributed by atoms with Crippen molar-refractivity contribution in [2.75, 3.05) is 6.61 Å². The molecule has 1 unspecified atom stereocenters. The van der Waals surface area contributed by atoms with Crippen LogP contribution in [-0.2, 0) is 11.2 Å². The summed E-state index contributed by atoms with van der Waals surface area (Å²) in [5.74, 6) is 1.04. The fourth-order valence-corrected chi connectivity index (χ4v) is 3.83. The van der Waals surface area contributed by atoms with E-state index in [4.69, 9.17) is 4.74 Å². The summed E-state index contributed by atoms with van der Waals surface area (Å²) in [7, 11) is 0. The average Bonchev–Trinajstić information content (AvgIpc) is 2.91. The molecular weight excluding hydrogens is 302 g/mol. The van der Waals surface area contributed by atoms with Crippen molar-refractivity contribution in [3.63, 3.8) is 0 Å². The Morgan fingerprint density at radius 3 is 2.75 bits per heavy atom. The van der Waals surface area contributed by atoms with Crippen molar-refractivity contribution >= 4 is 5.91 Å². The van der Waals surface area contributed by atoms with Gasteiger partial charge in [0.2, 0.25) is 5.91 Å². The molecule has 0 spiro atoms. The van der Waals surface area contributed by atoms with Gasteiger partial charge in [0.05, 0.1) is 18.8 Å². The minimum absolute atomic E-state index is 0.0162. The first-order valence-electron chi connectivity index (χ1n) is 8.49. The molecule has 3 atom stereocenters. The molecule has 124 valence electrons. The predicted octanol–water partition coefficient (Wildman–Crippen LogP) is 2.72. The number of hydrogen-bond donors (Lipinski definition) is 2. The molecule has 4 rings (SSSR count). The van der Waals surface area contributed by atoms with Crippen LogP contribution in [0.15, 0.2) is 48.5 Å². The van der Waals surface area contributed by atoms with Crippen LogP contribution in [-0.4, -0.2) is 23.7 Å². The monoisotopic (exact) mass is 323 g/mol. The smallest absolute Gasteiger partial charge is 0.221 e. The highest BCUT2D eigenvalue weighted by atomic mass is 16.5. The maximum absolute atomic E-state index is 12.6. The second-order valence-electron chi connectivity index (χ2n) is 6.59. The topological polar surface area (TPSA) is 58.6 Å². The van der Waals surface area contributed by atoms with Crippen LogP contribution in [0.1, 0.15) is 41.5 Å². The highest BCUT2D eigenvalue weighted by molar-refractivity contribution is 5.78. The number of rotatable bonds is 3. The Balaban J connectivity index is 1.47. The number of nitrogens with one attached hydrogen (secondary N) is 1. The first-order valence-corrected chi connectivity index (χ1v) is 8.49. The molecule has 2 N–H and O–H groups in total. The van der Waals surface area contributed by atoms with E-state index in [2.05, 4.69) is 5.32 Å². The molecule has 0 saturated carbocycles. The van der Waals surface area contributed by atoms with Gasteiger partial charge in [0.25, 0.3) is 0 Å². The number of amides is 1. The van der Waals surface area contributed by atoms with E-state index in [9.17, 15) is 9.90 Å². The van der Waals surface area contributed by atoms with Crippen molar-refractivity contribution in [3.05, 3.63) is 65.2 Å². The number of aliphatic hydroxyl groups excluding tert-OH is 1. The molecule has 24 heavy (non-hydrogen) atoms. The van der Waals surface area contributed by atoms with E-state index in [0.717, 1.165) is 28.9 Å². The summed E-state index contributed by atoms with van der Waals surface area (Å²) in [5.41, 5.74) is 3.25. The SMILES string of the molecule is O=C(CC1CCOc2ccccc21)N[C@H]1c2ccccc2C[C@H]1O. The molecule has 0 saturated heterocycles. The number of aliphatic hydroxyl groups is 1. The van der Waals surface area contributed by atoms with E-state index >= 15 is 0 Å². The lowest BCUT2D eigenvalue weighted by atomic mass is 9.90. The van der Waals surface area contributed by atoms with Gasteiger partial charge >= 0.3 is 0 Å². The van der Waals surface area contributed by atoms with Gasteiger partial charge in [-0.1, -0.05) is 42.5 Å². The highest BCUT2D eigenvalue weighted by Crippen LogP contribution is 2.36. The van der Waals surface area contributed by atoms with Gasteiger partial charge in [0.15, 0.2) is 0 Å². The van der Waals surface area contributed by atoms with Crippen molar-refractivity contribution < 1.29 is 14.6 Å². The highest BCUT2D eigenvalue weighted by Gasteiger charge is 2.32. The van der Waals surface area contributed by atoms with E-state index in [1.54, 1.807) is 0 Å². The van der Waals surface area contributed by atoms with Gasteiger partial charge < -0.3 is 15.2 Å². The molecule has 2 aliphatic rings. The summed E-state index contributed by atoms with van der Waals surface area (Å²) in [5, 5.41) is 13.3. The quantitative estimate of drug-likeness (QED) is 0.913. The Morgan fingerprint density at radius 1 is 1.12 bits per heavy atom. The first-order chi connectivity index (χ1) is 11.7. The zero-order chi connectivity index (χ0) is 16.5. The Bertz CT molecular complexity index is 758. The van der Waals surface area contributed by atoms with Crippen LogP contribution >= 0.6 is 0 Å². The molecule has 1 aliphatic heterocycles. The maximum atomic E-state index is 12.6. The van der Waals surface area contributed by atoms with E-state index in [1.807, 2.05) is 48.5 Å². The third-order valence-corrected chi connectivity index (χ3v) is 5.03. The number of carbonyl (C=O) groups is 1. The minimum atomic E-state index is -0.548. The van der Waals surface area contributed by atoms with Crippen molar-refractivity contribution in [2.45, 2.75) is 37.3 Å². The number of para-hydroxylation sites is 1. The standard InChI is InChI=1S/C20H21NO3/c22-17-11-13-5-1-2-7-16(13)20(17)21-19(23)12-14-9-10-24-18-8-4-3-6-15(14)18/h1-8,14,17,20,22H,9-12H2,(H,21,23)/t14?,17-,20+/m1/s1. The summed E-state index contributed by atoms with van der Waals surface area (Å²) >= 11 is 0. The fourth-order valence-electron chi connectivity index (χ4n) is 3.83. The first kappa shape index (κ1) is 15.2. The van der Waals surface area contributed by atoms with E-state index < -0.39 is 6.10 Å². The van der Waals surface area contributed by atoms with Crippen molar-refractivity contribution in [1.82, 2.24) is 5.32 Å². The van der Waals surface area contributed by atoms with Crippen LogP contribution in [0.2, 0.25) is 0 Å². The van der Waals surface area contributed by atoms with Crippen LogP contribution in [0.25, 0.3) is 0 Å². The second kappa shape index (κ2) is 6.29. The number of benzene rings is 2. The van der Waals surface area contributed by atoms with E-state index in [-0.39, 0.29) is 17.9 Å². The number of hydrogen-bond acceptors (Lipinski definition) is 3. The average molecular weight is 323 g/mol. The molecule has 2 aromatic carbocycles. The van der Waals surface area contributed by atoms with Crippen LogP contribution in [0.3, 0.4) is 0 Å². The fraction of sp³-hybridized carbons (Fsp3) is 0.350. The number of ether oxygens (including phenoxy) is 1. The van der Waals surface area contributed by atoms with Gasteiger partial charge in [-0.05, 0) is 35.1 Å². The van der Waals surface area contributed by atoms with Crippen molar-refractivity contribution in [1.29, 1.82) is 0 Å². The third kappa shape index (κ3) is 2.78. The minimum Gasteiger partial charge on any atom is -0.493 e. The Kier molecular flexibility index (Phi) is 3.98. The van der Waals surface area contributed by atoms with Gasteiger partial charge in [0, 0.05) is 12.8 Å². The molecule has 1 heterocycles. The zero-order valence-electron chi connectivity index (χ0n) is 13.4. The molecule has 0 aromatic heterocycles. The molecule has 0 bridgehead atoms. The molecule has 0 radical (unpaired) electrons. The number of carbonyl (C=O) groups excluding carboxylic acids is 1. The van der Waals surface area contributed by atoms with Gasteiger partial charge in [0.1, 0.15) is 5.75 Å². The summed E-state index contributed by atoms with van der Waals surface area (Å²) in [4.78, 5) is 12.6. The van der Waals surface area contributed by atoms with Crippen LogP contribution in [0.4, 0.5) is 0 Å². The van der Waals surface area contributed by atoms with Crippen molar-refractivity contribution in [2.24, 2.45) is 0 Å². The lowest BCUT2D eigenvalue weighted by Gasteiger charge is -2.26. The van der Waals surface area contributed by atoms with E-state index in [0.29, 0.717) is 19.4 Å². The summed E-state index contributed by atoms with van der Waals surface area (Å²) in [6.07, 6.45) is 1.31. The molecular formula is C20H21NO3. The molecule has 0 fully saturated rings. The van der Waals surface area contributed by atoms with E-state index in [1.165, 1.54) is 0 Å². The lowest BCUT2D eigenvalue weighted by Crippen LogP contribution is -2.35. The summed E-state index contributed by atoms with van der Waals surface area (Å²) in [6, 6.07) is 15.5. The third-order valence-electron chi connectivity index (χ3n) is 5.03. The summed E-state index contributed by atoms with van der Waals surface area (Å²) in [6.45, 7) is 0.643. The zero-order valence-corrected chi connectivity index (χ0v) is 13.4. The van der Waals surface area contributed by atoms with Crippen molar-refractivity contribution in [3.8, 4) is 5.75 Å². The van der Waals surface area contributed by atoms with Gasteiger partial charge in [-0.3, -0.25) is 4.79 Å². The van der Waals surface area contributed by atoms with Gasteiger partial charge in [-0.2, -0.15) is 0 Å². The lowest BCUT2D eigenvalue weighted by molar-refractivity contribution is -0.123. The second-order valence-corrected chi connectivity index (χ2v) is 6.59. The molecule has 4 nitrogen and oxygen atoms in total. The maximum Gasteiger partial charge on any atom is 0.221 e. The molecule has 1 amide bonds. The largest absolute Gasteiger partial charge is 0.493 e. The molecule has 1 aliphatic carbocycles.